The lowest BCUT2D eigenvalue weighted by atomic mass is 10.0. The second-order valence-corrected chi connectivity index (χ2v) is 4.98. The largest absolute Gasteiger partial charge is 0.330 e. The number of aromatic nitrogens is 2. The molecule has 0 fully saturated rings. The molecule has 1 aliphatic rings. The van der Waals surface area contributed by atoms with Gasteiger partial charge in [0.2, 0.25) is 0 Å². The third-order valence-electron chi connectivity index (χ3n) is 3.74. The van der Waals surface area contributed by atoms with Gasteiger partial charge in [-0.15, -0.1) is 0 Å². The standard InChI is InChI=1S/C17H14N2/c1-2-6-13(7-3-1)16-12-19-11-15-9-5-4-8-14(15)10-17(19)18-16/h1-9,12H,10-11H2. The van der Waals surface area contributed by atoms with Gasteiger partial charge in [-0.25, -0.2) is 4.98 Å². The number of benzene rings is 2. The first-order chi connectivity index (χ1) is 9.40. The molecule has 0 spiro atoms. The van der Waals surface area contributed by atoms with Gasteiger partial charge >= 0.3 is 0 Å². The Bertz CT molecular complexity index is 684. The number of hydrogen-bond acceptors (Lipinski definition) is 1. The first kappa shape index (κ1) is 10.6. The van der Waals surface area contributed by atoms with Crippen LogP contribution >= 0.6 is 0 Å². The van der Waals surface area contributed by atoms with Crippen molar-refractivity contribution in [2.75, 3.05) is 0 Å². The molecule has 0 atom stereocenters. The van der Waals surface area contributed by atoms with Crippen molar-refractivity contribution in [1.82, 2.24) is 9.55 Å². The molecule has 1 aromatic heterocycles. The fraction of sp³-hybridized carbons (Fsp3) is 0.118. The van der Waals surface area contributed by atoms with E-state index in [1.54, 1.807) is 0 Å². The molecule has 0 saturated carbocycles. The topological polar surface area (TPSA) is 17.8 Å². The maximum atomic E-state index is 4.78. The van der Waals surface area contributed by atoms with Crippen molar-refractivity contribution >= 4 is 0 Å². The van der Waals surface area contributed by atoms with Crippen molar-refractivity contribution < 1.29 is 0 Å². The average Bonchev–Trinajstić information content (AvgIpc) is 2.88. The molecule has 0 unspecified atom stereocenters. The maximum Gasteiger partial charge on any atom is 0.114 e. The van der Waals surface area contributed by atoms with Crippen molar-refractivity contribution in [3.8, 4) is 11.3 Å². The highest BCUT2D eigenvalue weighted by Gasteiger charge is 2.17. The van der Waals surface area contributed by atoms with Gasteiger partial charge in [0.1, 0.15) is 5.82 Å². The summed E-state index contributed by atoms with van der Waals surface area (Å²) in [5.41, 5.74) is 5.07. The fourth-order valence-corrected chi connectivity index (χ4v) is 2.72. The van der Waals surface area contributed by atoms with E-state index in [0.29, 0.717) is 0 Å². The second kappa shape index (κ2) is 4.09. The first-order valence-electron chi connectivity index (χ1n) is 6.58. The van der Waals surface area contributed by atoms with E-state index >= 15 is 0 Å². The van der Waals surface area contributed by atoms with Gasteiger partial charge < -0.3 is 4.57 Å². The lowest BCUT2D eigenvalue weighted by Crippen LogP contribution is -2.13. The molecule has 4 rings (SSSR count). The molecule has 92 valence electrons. The molecular formula is C17H14N2. The van der Waals surface area contributed by atoms with Crippen LogP contribution in [0, 0.1) is 0 Å². The molecule has 0 radical (unpaired) electrons. The lowest BCUT2D eigenvalue weighted by Gasteiger charge is -2.17. The Morgan fingerprint density at radius 3 is 2.42 bits per heavy atom. The molecule has 3 aromatic rings. The van der Waals surface area contributed by atoms with Gasteiger partial charge in [-0.2, -0.15) is 0 Å². The summed E-state index contributed by atoms with van der Waals surface area (Å²) in [6.45, 7) is 0.936. The van der Waals surface area contributed by atoms with Gasteiger partial charge in [-0.05, 0) is 11.1 Å². The van der Waals surface area contributed by atoms with Gasteiger partial charge in [-0.1, -0.05) is 54.6 Å². The number of imidazole rings is 1. The minimum Gasteiger partial charge on any atom is -0.330 e. The highest BCUT2D eigenvalue weighted by atomic mass is 15.1. The van der Waals surface area contributed by atoms with Gasteiger partial charge in [0.15, 0.2) is 0 Å². The smallest absolute Gasteiger partial charge is 0.114 e. The van der Waals surface area contributed by atoms with Gasteiger partial charge in [-0.3, -0.25) is 0 Å². The fourth-order valence-electron chi connectivity index (χ4n) is 2.72. The molecule has 0 bridgehead atoms. The summed E-state index contributed by atoms with van der Waals surface area (Å²) in [5, 5.41) is 0. The van der Waals surface area contributed by atoms with E-state index in [-0.39, 0.29) is 0 Å². The highest BCUT2D eigenvalue weighted by Crippen LogP contribution is 2.25. The minimum absolute atomic E-state index is 0.934. The van der Waals surface area contributed by atoms with Crippen LogP contribution in [0.1, 0.15) is 17.0 Å². The van der Waals surface area contributed by atoms with E-state index in [1.165, 1.54) is 16.7 Å². The Hall–Kier alpha value is -2.35. The van der Waals surface area contributed by atoms with E-state index < -0.39 is 0 Å². The Balaban J connectivity index is 1.77. The Kier molecular flexibility index (Phi) is 2.27. The summed E-state index contributed by atoms with van der Waals surface area (Å²) in [5.74, 6) is 1.16. The minimum atomic E-state index is 0.934. The van der Waals surface area contributed by atoms with Crippen LogP contribution in [-0.4, -0.2) is 9.55 Å². The quantitative estimate of drug-likeness (QED) is 0.502. The number of fused-ring (bicyclic) bond motifs is 2. The average molecular weight is 246 g/mol. The monoisotopic (exact) mass is 246 g/mol. The lowest BCUT2D eigenvalue weighted by molar-refractivity contribution is 0.701. The van der Waals surface area contributed by atoms with Crippen LogP contribution in [0.4, 0.5) is 0 Å². The molecule has 2 heterocycles. The molecule has 2 nitrogen and oxygen atoms in total. The summed E-state index contributed by atoms with van der Waals surface area (Å²) >= 11 is 0. The number of hydrogen-bond donors (Lipinski definition) is 0. The second-order valence-electron chi connectivity index (χ2n) is 4.98. The van der Waals surface area contributed by atoms with E-state index in [1.807, 2.05) is 6.07 Å². The van der Waals surface area contributed by atoms with Crippen molar-refractivity contribution in [2.24, 2.45) is 0 Å². The third kappa shape index (κ3) is 1.76. The van der Waals surface area contributed by atoms with Gasteiger partial charge in [0, 0.05) is 24.7 Å². The predicted molar refractivity (Wildman–Crippen MR) is 76.0 cm³/mol. The molecule has 0 saturated heterocycles. The zero-order valence-corrected chi connectivity index (χ0v) is 10.6. The molecule has 2 heteroatoms. The van der Waals surface area contributed by atoms with Crippen LogP contribution in [0.25, 0.3) is 11.3 Å². The summed E-state index contributed by atoms with van der Waals surface area (Å²) in [7, 11) is 0. The summed E-state index contributed by atoms with van der Waals surface area (Å²) < 4.78 is 2.27. The number of nitrogens with zero attached hydrogens (tertiary/aromatic N) is 2. The molecule has 1 aliphatic heterocycles. The molecule has 0 amide bonds. The van der Waals surface area contributed by atoms with Crippen molar-refractivity contribution in [1.29, 1.82) is 0 Å². The van der Waals surface area contributed by atoms with Gasteiger partial charge in [0.25, 0.3) is 0 Å². The van der Waals surface area contributed by atoms with Gasteiger partial charge in [0.05, 0.1) is 5.69 Å². The molecule has 0 aliphatic carbocycles. The predicted octanol–water partition coefficient (Wildman–Crippen LogP) is 3.50. The Morgan fingerprint density at radius 2 is 1.58 bits per heavy atom. The summed E-state index contributed by atoms with van der Waals surface area (Å²) in [4.78, 5) is 4.78. The Labute approximate surface area is 112 Å². The normalized spacial score (nSPS) is 12.8. The molecule has 0 N–H and O–H groups in total. The van der Waals surface area contributed by atoms with Crippen LogP contribution in [0.5, 0.6) is 0 Å². The van der Waals surface area contributed by atoms with Crippen LogP contribution in [-0.2, 0) is 13.0 Å². The van der Waals surface area contributed by atoms with E-state index in [4.69, 9.17) is 4.98 Å². The van der Waals surface area contributed by atoms with Crippen molar-refractivity contribution in [3.05, 3.63) is 77.7 Å². The first-order valence-corrected chi connectivity index (χ1v) is 6.58. The number of rotatable bonds is 1. The molecule has 19 heavy (non-hydrogen) atoms. The van der Waals surface area contributed by atoms with Crippen LogP contribution < -0.4 is 0 Å². The van der Waals surface area contributed by atoms with Crippen LogP contribution in [0.2, 0.25) is 0 Å². The van der Waals surface area contributed by atoms with Crippen LogP contribution in [0.15, 0.2) is 60.8 Å². The zero-order chi connectivity index (χ0) is 12.7. The molecular weight excluding hydrogens is 232 g/mol. The summed E-state index contributed by atoms with van der Waals surface area (Å²) in [6.07, 6.45) is 3.10. The summed E-state index contributed by atoms with van der Waals surface area (Å²) in [6, 6.07) is 19.0. The zero-order valence-electron chi connectivity index (χ0n) is 10.6. The van der Waals surface area contributed by atoms with Crippen molar-refractivity contribution in [2.45, 2.75) is 13.0 Å². The van der Waals surface area contributed by atoms with Crippen molar-refractivity contribution in [3.63, 3.8) is 0 Å². The van der Waals surface area contributed by atoms with E-state index in [9.17, 15) is 0 Å². The van der Waals surface area contributed by atoms with E-state index in [2.05, 4.69) is 59.3 Å². The Morgan fingerprint density at radius 1 is 0.842 bits per heavy atom. The van der Waals surface area contributed by atoms with Crippen LogP contribution in [0.3, 0.4) is 0 Å². The maximum absolute atomic E-state index is 4.78. The third-order valence-corrected chi connectivity index (χ3v) is 3.74. The molecule has 2 aromatic carbocycles. The SMILES string of the molecule is c1ccc(-c2cn3c(n2)Cc2ccccc2C3)cc1. The highest BCUT2D eigenvalue weighted by molar-refractivity contribution is 5.58. The van der Waals surface area contributed by atoms with E-state index in [0.717, 1.165) is 24.5 Å².